The Morgan fingerprint density at radius 2 is 0.920 bits per heavy atom. The largest absolute Gasteiger partial charge is 0.328 e. The third-order valence-electron chi connectivity index (χ3n) is 5.54. The van der Waals surface area contributed by atoms with Crippen molar-refractivity contribution in [2.75, 3.05) is 27.2 Å². The van der Waals surface area contributed by atoms with Gasteiger partial charge in [-0.2, -0.15) is 0 Å². The molecule has 0 saturated carbocycles. The van der Waals surface area contributed by atoms with Gasteiger partial charge in [-0.25, -0.2) is 0 Å². The number of rotatable bonds is 20. The van der Waals surface area contributed by atoms with Crippen LogP contribution in [0.2, 0.25) is 0 Å². The van der Waals surface area contributed by atoms with Crippen molar-refractivity contribution >= 4 is 0 Å². The Hall–Kier alpha value is -0.300. The number of hydrogen-bond donors (Lipinski definition) is 0. The van der Waals surface area contributed by atoms with Crippen molar-refractivity contribution in [3.05, 3.63) is 12.7 Å². The van der Waals surface area contributed by atoms with Gasteiger partial charge < -0.3 is 4.48 Å². The molecule has 0 heterocycles. The number of hydrogen-bond acceptors (Lipinski definition) is 0. The van der Waals surface area contributed by atoms with Crippen LogP contribution in [-0.4, -0.2) is 31.7 Å². The first-order chi connectivity index (χ1) is 12.1. The van der Waals surface area contributed by atoms with Gasteiger partial charge in [0.25, 0.3) is 0 Å². The zero-order chi connectivity index (χ0) is 18.6. The Morgan fingerprint density at radius 1 is 0.560 bits per heavy atom. The molecule has 0 atom stereocenters. The summed E-state index contributed by atoms with van der Waals surface area (Å²) >= 11 is 0. The van der Waals surface area contributed by atoms with Crippen LogP contribution in [0.4, 0.5) is 0 Å². The molecule has 0 saturated heterocycles. The molecular weight excluding hydrogens is 302 g/mol. The van der Waals surface area contributed by atoms with Gasteiger partial charge in [0, 0.05) is 0 Å². The quantitative estimate of drug-likeness (QED) is 0.119. The molecule has 0 bridgehead atoms. The van der Waals surface area contributed by atoms with Crippen molar-refractivity contribution in [2.24, 2.45) is 0 Å². The summed E-state index contributed by atoms with van der Waals surface area (Å²) in [6.07, 6.45) is 26.2. The summed E-state index contributed by atoms with van der Waals surface area (Å²) in [4.78, 5) is 0. The van der Waals surface area contributed by atoms with Gasteiger partial charge in [0.15, 0.2) is 0 Å². The number of unbranched alkanes of at least 4 members (excludes halogenated alkanes) is 15. The monoisotopic (exact) mass is 352 g/mol. The molecule has 0 unspecified atom stereocenters. The Balaban J connectivity index is 3.23. The van der Waals surface area contributed by atoms with Crippen LogP contribution in [0.3, 0.4) is 0 Å². The molecule has 1 nitrogen and oxygen atoms in total. The van der Waals surface area contributed by atoms with Gasteiger partial charge in [-0.05, 0) is 32.1 Å². The Labute approximate surface area is 160 Å². The maximum atomic E-state index is 3.81. The highest BCUT2D eigenvalue weighted by molar-refractivity contribution is 4.65. The second-order valence-electron chi connectivity index (χ2n) is 8.76. The van der Waals surface area contributed by atoms with Crippen LogP contribution in [0, 0.1) is 0 Å². The van der Waals surface area contributed by atoms with Crippen molar-refractivity contribution in [3.8, 4) is 0 Å². The predicted molar refractivity (Wildman–Crippen MR) is 116 cm³/mol. The van der Waals surface area contributed by atoms with Crippen molar-refractivity contribution < 1.29 is 4.48 Å². The lowest BCUT2D eigenvalue weighted by molar-refractivity contribution is -0.890. The van der Waals surface area contributed by atoms with Crippen molar-refractivity contribution in [1.29, 1.82) is 0 Å². The Kier molecular flexibility index (Phi) is 18.3. The maximum Gasteiger partial charge on any atom is 0.0782 e. The average molecular weight is 353 g/mol. The van der Waals surface area contributed by atoms with E-state index < -0.39 is 0 Å². The summed E-state index contributed by atoms with van der Waals surface area (Å²) in [5.41, 5.74) is 0. The van der Waals surface area contributed by atoms with Crippen LogP contribution in [0.25, 0.3) is 0 Å². The lowest BCUT2D eigenvalue weighted by Gasteiger charge is -2.29. The standard InChI is InChI=1S/C24H50N/c1-5-7-9-11-12-13-14-15-16-17-18-19-20-22-24-25(3,4)23-21-10-8-6-2/h6H,2,5,7-24H2,1,3-4H3/q+1. The normalized spacial score (nSPS) is 11.8. The third kappa shape index (κ3) is 19.9. The molecule has 0 spiro atoms. The van der Waals surface area contributed by atoms with Crippen LogP contribution in [0.5, 0.6) is 0 Å². The highest BCUT2D eigenvalue weighted by atomic mass is 15.3. The fourth-order valence-corrected chi connectivity index (χ4v) is 3.67. The minimum atomic E-state index is 1.18. The van der Waals surface area contributed by atoms with E-state index in [1.165, 1.54) is 127 Å². The van der Waals surface area contributed by atoms with Gasteiger partial charge in [-0.15, -0.1) is 6.58 Å². The molecule has 0 aromatic heterocycles. The van der Waals surface area contributed by atoms with E-state index in [1.807, 2.05) is 6.08 Å². The molecular formula is C24H50N+. The fraction of sp³-hybridized carbons (Fsp3) is 0.917. The van der Waals surface area contributed by atoms with Crippen LogP contribution >= 0.6 is 0 Å². The molecule has 0 amide bonds. The van der Waals surface area contributed by atoms with E-state index in [0.29, 0.717) is 0 Å². The van der Waals surface area contributed by atoms with E-state index in [-0.39, 0.29) is 0 Å². The third-order valence-corrected chi connectivity index (χ3v) is 5.54. The molecule has 150 valence electrons. The van der Waals surface area contributed by atoms with Crippen molar-refractivity contribution in [3.63, 3.8) is 0 Å². The van der Waals surface area contributed by atoms with Gasteiger partial charge in [0.05, 0.1) is 27.2 Å². The summed E-state index contributed by atoms with van der Waals surface area (Å²) in [5, 5.41) is 0. The molecule has 1 heteroatoms. The van der Waals surface area contributed by atoms with Crippen LogP contribution < -0.4 is 0 Å². The fourth-order valence-electron chi connectivity index (χ4n) is 3.67. The SMILES string of the molecule is C=CCCCC[N+](C)(C)CCCCCCCCCCCCCCCC. The first-order valence-electron chi connectivity index (χ1n) is 11.6. The van der Waals surface area contributed by atoms with Crippen LogP contribution in [0.15, 0.2) is 12.7 Å². The summed E-state index contributed by atoms with van der Waals surface area (Å²) in [6, 6.07) is 0. The number of nitrogens with zero attached hydrogens (tertiary/aromatic N) is 1. The van der Waals surface area contributed by atoms with E-state index in [2.05, 4.69) is 27.6 Å². The maximum absolute atomic E-state index is 3.81. The molecule has 0 aliphatic heterocycles. The molecule has 0 aliphatic rings. The highest BCUT2D eigenvalue weighted by Gasteiger charge is 2.13. The molecule has 0 aromatic rings. The van der Waals surface area contributed by atoms with Crippen LogP contribution in [-0.2, 0) is 0 Å². The Morgan fingerprint density at radius 3 is 1.32 bits per heavy atom. The average Bonchev–Trinajstić information content (AvgIpc) is 2.59. The molecule has 0 aromatic carbocycles. The molecule has 25 heavy (non-hydrogen) atoms. The second-order valence-corrected chi connectivity index (χ2v) is 8.76. The topological polar surface area (TPSA) is 0 Å². The van der Waals surface area contributed by atoms with Gasteiger partial charge in [-0.3, -0.25) is 0 Å². The van der Waals surface area contributed by atoms with E-state index in [0.717, 1.165) is 0 Å². The van der Waals surface area contributed by atoms with E-state index >= 15 is 0 Å². The zero-order valence-corrected chi connectivity index (χ0v) is 18.2. The minimum absolute atomic E-state index is 1.18. The summed E-state index contributed by atoms with van der Waals surface area (Å²) in [5.74, 6) is 0. The molecule has 0 fully saturated rings. The lowest BCUT2D eigenvalue weighted by Crippen LogP contribution is -2.41. The summed E-state index contributed by atoms with van der Waals surface area (Å²) in [7, 11) is 4.80. The molecule has 0 N–H and O–H groups in total. The smallest absolute Gasteiger partial charge is 0.0782 e. The minimum Gasteiger partial charge on any atom is -0.328 e. The second kappa shape index (κ2) is 18.5. The molecule has 0 rings (SSSR count). The van der Waals surface area contributed by atoms with E-state index in [4.69, 9.17) is 0 Å². The number of allylic oxidation sites excluding steroid dienone is 1. The van der Waals surface area contributed by atoms with Crippen LogP contribution in [0.1, 0.15) is 116 Å². The number of quaternary nitrogens is 1. The van der Waals surface area contributed by atoms with Gasteiger partial charge in [0.1, 0.15) is 0 Å². The lowest BCUT2D eigenvalue weighted by atomic mass is 10.0. The van der Waals surface area contributed by atoms with Crippen molar-refractivity contribution in [2.45, 2.75) is 116 Å². The first-order valence-corrected chi connectivity index (χ1v) is 11.6. The predicted octanol–water partition coefficient (Wildman–Crippen LogP) is 7.90. The zero-order valence-electron chi connectivity index (χ0n) is 18.2. The van der Waals surface area contributed by atoms with E-state index in [9.17, 15) is 0 Å². The summed E-state index contributed by atoms with van der Waals surface area (Å²) < 4.78 is 1.20. The molecule has 0 radical (unpaired) electrons. The first kappa shape index (κ1) is 24.7. The Bertz CT molecular complexity index is 269. The van der Waals surface area contributed by atoms with Gasteiger partial charge in [-0.1, -0.05) is 90.0 Å². The van der Waals surface area contributed by atoms with Gasteiger partial charge >= 0.3 is 0 Å². The van der Waals surface area contributed by atoms with E-state index in [1.54, 1.807) is 0 Å². The summed E-state index contributed by atoms with van der Waals surface area (Å²) in [6.45, 7) is 8.79. The van der Waals surface area contributed by atoms with Gasteiger partial charge in [0.2, 0.25) is 0 Å². The highest BCUT2D eigenvalue weighted by Crippen LogP contribution is 2.14. The van der Waals surface area contributed by atoms with Crippen molar-refractivity contribution in [1.82, 2.24) is 0 Å². The molecule has 0 aliphatic carbocycles.